The fraction of sp³-hybridized carbons (Fsp3) is 0.917. The van der Waals surface area contributed by atoms with Crippen LogP contribution in [0.1, 0.15) is 26.7 Å². The molecule has 2 N–H and O–H groups in total. The van der Waals surface area contributed by atoms with E-state index in [1.807, 2.05) is 25.8 Å². The Bertz CT molecular complexity index is 240. The van der Waals surface area contributed by atoms with Crippen LogP contribution >= 0.6 is 0 Å². The van der Waals surface area contributed by atoms with E-state index in [9.17, 15) is 4.79 Å². The van der Waals surface area contributed by atoms with Crippen LogP contribution in [0.5, 0.6) is 0 Å². The van der Waals surface area contributed by atoms with Crippen LogP contribution in [0.2, 0.25) is 0 Å². The Morgan fingerprint density at radius 1 is 1.59 bits per heavy atom. The number of aliphatic carboxylic acids is 1. The second-order valence-corrected chi connectivity index (χ2v) is 5.07. The highest BCUT2D eigenvalue weighted by Crippen LogP contribution is 2.12. The number of nitrogens with one attached hydrogen (secondary N) is 1. The SMILES string of the molecule is CC(C)NC(CN(C)CC1CCCO1)C(=O)O. The molecule has 0 aromatic rings. The van der Waals surface area contributed by atoms with Gasteiger partial charge in [0.2, 0.25) is 0 Å². The summed E-state index contributed by atoms with van der Waals surface area (Å²) in [7, 11) is 1.94. The average molecular weight is 244 g/mol. The first-order valence-electron chi connectivity index (χ1n) is 6.28. The van der Waals surface area contributed by atoms with E-state index in [4.69, 9.17) is 9.84 Å². The zero-order valence-electron chi connectivity index (χ0n) is 11.0. The third-order valence-electron chi connectivity index (χ3n) is 2.87. The highest BCUT2D eigenvalue weighted by atomic mass is 16.5. The van der Waals surface area contributed by atoms with E-state index in [2.05, 4.69) is 5.32 Å². The molecule has 2 atom stereocenters. The van der Waals surface area contributed by atoms with E-state index in [1.54, 1.807) is 0 Å². The van der Waals surface area contributed by atoms with Gasteiger partial charge < -0.3 is 20.1 Å². The van der Waals surface area contributed by atoms with Crippen LogP contribution in [0, 0.1) is 0 Å². The van der Waals surface area contributed by atoms with Crippen molar-refractivity contribution in [2.75, 3.05) is 26.7 Å². The summed E-state index contributed by atoms with van der Waals surface area (Å²) >= 11 is 0. The number of carboxylic acids is 1. The molecule has 1 aliphatic heterocycles. The third-order valence-corrected chi connectivity index (χ3v) is 2.87. The van der Waals surface area contributed by atoms with Crippen LogP contribution in [0.4, 0.5) is 0 Å². The van der Waals surface area contributed by atoms with Gasteiger partial charge in [0.15, 0.2) is 0 Å². The van der Waals surface area contributed by atoms with Crippen molar-refractivity contribution in [1.29, 1.82) is 0 Å². The van der Waals surface area contributed by atoms with Crippen LogP contribution in [-0.4, -0.2) is 60.9 Å². The fourth-order valence-corrected chi connectivity index (χ4v) is 2.13. The second kappa shape index (κ2) is 6.93. The normalized spacial score (nSPS) is 22.3. The van der Waals surface area contributed by atoms with E-state index >= 15 is 0 Å². The lowest BCUT2D eigenvalue weighted by molar-refractivity contribution is -0.140. The van der Waals surface area contributed by atoms with Gasteiger partial charge in [0.05, 0.1) is 6.10 Å². The van der Waals surface area contributed by atoms with Crippen molar-refractivity contribution in [3.63, 3.8) is 0 Å². The van der Waals surface area contributed by atoms with Gasteiger partial charge in [-0.25, -0.2) is 0 Å². The predicted octanol–water partition coefficient (Wildman–Crippen LogP) is 0.548. The third kappa shape index (κ3) is 5.48. The van der Waals surface area contributed by atoms with Crippen molar-refractivity contribution in [2.24, 2.45) is 0 Å². The number of ether oxygens (including phenoxy) is 1. The smallest absolute Gasteiger partial charge is 0.322 e. The van der Waals surface area contributed by atoms with Gasteiger partial charge in [-0.05, 0) is 19.9 Å². The van der Waals surface area contributed by atoms with Crippen molar-refractivity contribution < 1.29 is 14.6 Å². The summed E-state index contributed by atoms with van der Waals surface area (Å²) in [5.41, 5.74) is 0. The molecule has 0 aliphatic carbocycles. The zero-order chi connectivity index (χ0) is 12.8. The van der Waals surface area contributed by atoms with Crippen LogP contribution in [0.3, 0.4) is 0 Å². The first kappa shape index (κ1) is 14.4. The van der Waals surface area contributed by atoms with Crippen LogP contribution in [-0.2, 0) is 9.53 Å². The highest BCUT2D eigenvalue weighted by Gasteiger charge is 2.23. The quantitative estimate of drug-likeness (QED) is 0.685. The largest absolute Gasteiger partial charge is 0.480 e. The number of nitrogens with zero attached hydrogens (tertiary/aromatic N) is 1. The van der Waals surface area contributed by atoms with Crippen LogP contribution in [0.25, 0.3) is 0 Å². The zero-order valence-corrected chi connectivity index (χ0v) is 11.0. The molecule has 1 saturated heterocycles. The number of rotatable bonds is 7. The fourth-order valence-electron chi connectivity index (χ4n) is 2.13. The summed E-state index contributed by atoms with van der Waals surface area (Å²) < 4.78 is 5.54. The Morgan fingerprint density at radius 3 is 2.76 bits per heavy atom. The summed E-state index contributed by atoms with van der Waals surface area (Å²) in [5, 5.41) is 12.2. The summed E-state index contributed by atoms with van der Waals surface area (Å²) in [5.74, 6) is -0.794. The van der Waals surface area contributed by atoms with E-state index < -0.39 is 12.0 Å². The Morgan fingerprint density at radius 2 is 2.29 bits per heavy atom. The second-order valence-electron chi connectivity index (χ2n) is 5.07. The number of hydrogen-bond donors (Lipinski definition) is 2. The molecule has 1 aliphatic rings. The molecule has 0 aromatic carbocycles. The van der Waals surface area contributed by atoms with Gasteiger partial charge in [0.1, 0.15) is 6.04 Å². The van der Waals surface area contributed by atoms with Gasteiger partial charge >= 0.3 is 5.97 Å². The lowest BCUT2D eigenvalue weighted by Crippen LogP contribution is -2.48. The Kier molecular flexibility index (Phi) is 5.88. The molecule has 0 aromatic heterocycles. The van der Waals surface area contributed by atoms with E-state index in [0.717, 1.165) is 26.0 Å². The summed E-state index contributed by atoms with van der Waals surface area (Å²) in [4.78, 5) is 13.1. The number of carboxylic acid groups (broad SMARTS) is 1. The molecule has 1 rings (SSSR count). The maximum Gasteiger partial charge on any atom is 0.322 e. The topological polar surface area (TPSA) is 61.8 Å². The van der Waals surface area contributed by atoms with Gasteiger partial charge in [-0.15, -0.1) is 0 Å². The van der Waals surface area contributed by atoms with Gasteiger partial charge in [-0.2, -0.15) is 0 Å². The van der Waals surface area contributed by atoms with Gasteiger partial charge in [0, 0.05) is 25.7 Å². The molecule has 1 heterocycles. The molecule has 5 nitrogen and oxygen atoms in total. The minimum absolute atomic E-state index is 0.173. The van der Waals surface area contributed by atoms with Crippen molar-refractivity contribution in [3.8, 4) is 0 Å². The van der Waals surface area contributed by atoms with Crippen molar-refractivity contribution in [3.05, 3.63) is 0 Å². The number of hydrogen-bond acceptors (Lipinski definition) is 4. The number of carbonyl (C=O) groups is 1. The Balaban J connectivity index is 2.34. The number of likely N-dealkylation sites (N-methyl/N-ethyl adjacent to an activating group) is 1. The molecule has 17 heavy (non-hydrogen) atoms. The minimum atomic E-state index is -0.794. The minimum Gasteiger partial charge on any atom is -0.480 e. The predicted molar refractivity (Wildman–Crippen MR) is 66.2 cm³/mol. The van der Waals surface area contributed by atoms with Crippen LogP contribution < -0.4 is 5.32 Å². The molecule has 0 bridgehead atoms. The van der Waals surface area contributed by atoms with Crippen LogP contribution in [0.15, 0.2) is 0 Å². The summed E-state index contributed by atoms with van der Waals surface area (Å²) in [6.45, 7) is 6.06. The molecule has 2 unspecified atom stereocenters. The lowest BCUT2D eigenvalue weighted by atomic mass is 10.2. The maximum absolute atomic E-state index is 11.1. The highest BCUT2D eigenvalue weighted by molar-refractivity contribution is 5.73. The van der Waals surface area contributed by atoms with Gasteiger partial charge in [-0.3, -0.25) is 4.79 Å². The Labute approximate surface area is 103 Å². The van der Waals surface area contributed by atoms with E-state index in [1.165, 1.54) is 0 Å². The summed E-state index contributed by atoms with van der Waals surface area (Å²) in [6, 6.07) is -0.339. The molecule has 0 amide bonds. The monoisotopic (exact) mass is 244 g/mol. The first-order valence-corrected chi connectivity index (χ1v) is 6.28. The molecule has 5 heteroatoms. The average Bonchev–Trinajstić information content (AvgIpc) is 2.68. The van der Waals surface area contributed by atoms with Gasteiger partial charge in [0.25, 0.3) is 0 Å². The molecule has 0 radical (unpaired) electrons. The molecule has 100 valence electrons. The molecule has 0 saturated carbocycles. The summed E-state index contributed by atoms with van der Waals surface area (Å²) in [6.07, 6.45) is 2.47. The molecule has 0 spiro atoms. The first-order chi connectivity index (χ1) is 7.99. The molecular formula is C12H24N2O3. The Hall–Kier alpha value is -0.650. The maximum atomic E-state index is 11.1. The molecule has 1 fully saturated rings. The van der Waals surface area contributed by atoms with Gasteiger partial charge in [-0.1, -0.05) is 13.8 Å². The van der Waals surface area contributed by atoms with Crippen molar-refractivity contribution in [1.82, 2.24) is 10.2 Å². The molecular weight excluding hydrogens is 220 g/mol. The van der Waals surface area contributed by atoms with Crippen molar-refractivity contribution >= 4 is 5.97 Å². The van der Waals surface area contributed by atoms with Crippen molar-refractivity contribution in [2.45, 2.75) is 44.9 Å². The standard InChI is InChI=1S/C12H24N2O3/c1-9(2)13-11(12(15)16)8-14(3)7-10-5-4-6-17-10/h9-11,13H,4-8H2,1-3H3,(H,15,16). The lowest BCUT2D eigenvalue weighted by Gasteiger charge is -2.25. The van der Waals surface area contributed by atoms with E-state index in [0.29, 0.717) is 6.54 Å². The van der Waals surface area contributed by atoms with E-state index in [-0.39, 0.29) is 12.1 Å².